The van der Waals surface area contributed by atoms with Crippen molar-refractivity contribution in [3.05, 3.63) is 34.3 Å². The van der Waals surface area contributed by atoms with Crippen LogP contribution in [0.4, 0.5) is 0 Å². The molecule has 0 aliphatic carbocycles. The molecular formula is C11H11ClN2S. The van der Waals surface area contributed by atoms with Gasteiger partial charge in [0, 0.05) is 17.0 Å². The number of nitrogens with zero attached hydrogens (tertiary/aromatic N) is 2. The molecule has 78 valence electrons. The van der Waals surface area contributed by atoms with Gasteiger partial charge in [0.25, 0.3) is 0 Å². The quantitative estimate of drug-likeness (QED) is 0.813. The van der Waals surface area contributed by atoms with Gasteiger partial charge >= 0.3 is 0 Å². The summed E-state index contributed by atoms with van der Waals surface area (Å²) in [6.45, 7) is 2.14. The summed E-state index contributed by atoms with van der Waals surface area (Å²) < 4.78 is 0. The molecule has 0 saturated heterocycles. The highest BCUT2D eigenvalue weighted by atomic mass is 35.5. The molecule has 0 saturated carbocycles. The SMILES string of the molecule is CCCc1nnc(-c2ccc(Cl)cc2)s1. The number of aromatic nitrogens is 2. The van der Waals surface area contributed by atoms with Crippen LogP contribution in [0, 0.1) is 0 Å². The predicted molar refractivity (Wildman–Crippen MR) is 64.4 cm³/mol. The fourth-order valence-electron chi connectivity index (χ4n) is 1.28. The maximum absolute atomic E-state index is 5.82. The smallest absolute Gasteiger partial charge is 0.143 e. The number of halogens is 1. The number of benzene rings is 1. The molecule has 0 unspecified atom stereocenters. The third-order valence-corrected chi connectivity index (χ3v) is 3.31. The minimum Gasteiger partial charge on any atom is -0.143 e. The average molecular weight is 239 g/mol. The number of aryl methyl sites for hydroxylation is 1. The number of rotatable bonds is 3. The van der Waals surface area contributed by atoms with Crippen molar-refractivity contribution in [1.29, 1.82) is 0 Å². The Hall–Kier alpha value is -0.930. The Labute approximate surface area is 97.9 Å². The van der Waals surface area contributed by atoms with E-state index in [9.17, 15) is 0 Å². The van der Waals surface area contributed by atoms with Gasteiger partial charge in [-0.3, -0.25) is 0 Å². The third-order valence-electron chi connectivity index (χ3n) is 2.02. The van der Waals surface area contributed by atoms with Crippen molar-refractivity contribution < 1.29 is 0 Å². The Morgan fingerprint density at radius 3 is 2.60 bits per heavy atom. The van der Waals surface area contributed by atoms with Crippen LogP contribution in [-0.4, -0.2) is 10.2 Å². The van der Waals surface area contributed by atoms with Crippen LogP contribution in [0.2, 0.25) is 5.02 Å². The number of hydrogen-bond donors (Lipinski definition) is 0. The van der Waals surface area contributed by atoms with Crippen molar-refractivity contribution >= 4 is 22.9 Å². The van der Waals surface area contributed by atoms with Crippen LogP contribution >= 0.6 is 22.9 Å². The molecule has 0 aliphatic rings. The van der Waals surface area contributed by atoms with E-state index in [1.54, 1.807) is 11.3 Å². The predicted octanol–water partition coefficient (Wildman–Crippen LogP) is 3.81. The molecule has 0 bridgehead atoms. The highest BCUT2D eigenvalue weighted by Crippen LogP contribution is 2.25. The van der Waals surface area contributed by atoms with Crippen LogP contribution in [0.3, 0.4) is 0 Å². The van der Waals surface area contributed by atoms with Gasteiger partial charge in [0.1, 0.15) is 10.0 Å². The van der Waals surface area contributed by atoms with Crippen molar-refractivity contribution in [1.82, 2.24) is 10.2 Å². The highest BCUT2D eigenvalue weighted by molar-refractivity contribution is 7.14. The van der Waals surface area contributed by atoms with E-state index >= 15 is 0 Å². The summed E-state index contributed by atoms with van der Waals surface area (Å²) in [5.74, 6) is 0. The normalized spacial score (nSPS) is 10.5. The van der Waals surface area contributed by atoms with Gasteiger partial charge in [-0.25, -0.2) is 0 Å². The third kappa shape index (κ3) is 2.55. The van der Waals surface area contributed by atoms with Crippen LogP contribution < -0.4 is 0 Å². The molecule has 0 atom stereocenters. The molecule has 0 amide bonds. The Morgan fingerprint density at radius 2 is 1.93 bits per heavy atom. The summed E-state index contributed by atoms with van der Waals surface area (Å²) in [5.41, 5.74) is 1.08. The molecule has 2 aromatic rings. The summed E-state index contributed by atoms with van der Waals surface area (Å²) in [4.78, 5) is 0. The van der Waals surface area contributed by atoms with Gasteiger partial charge in [0.05, 0.1) is 0 Å². The molecule has 0 N–H and O–H groups in total. The van der Waals surface area contributed by atoms with Gasteiger partial charge in [-0.05, 0) is 18.6 Å². The maximum atomic E-state index is 5.82. The summed E-state index contributed by atoms with van der Waals surface area (Å²) in [6, 6.07) is 7.69. The lowest BCUT2D eigenvalue weighted by Gasteiger charge is -1.94. The van der Waals surface area contributed by atoms with E-state index in [1.807, 2.05) is 24.3 Å². The zero-order valence-electron chi connectivity index (χ0n) is 8.40. The van der Waals surface area contributed by atoms with Gasteiger partial charge in [-0.15, -0.1) is 10.2 Å². The van der Waals surface area contributed by atoms with Gasteiger partial charge in [0.15, 0.2) is 0 Å². The molecular weight excluding hydrogens is 228 g/mol. The Balaban J connectivity index is 2.25. The fourth-order valence-corrected chi connectivity index (χ4v) is 2.35. The van der Waals surface area contributed by atoms with Gasteiger partial charge < -0.3 is 0 Å². The fraction of sp³-hybridized carbons (Fsp3) is 0.273. The van der Waals surface area contributed by atoms with Crippen molar-refractivity contribution in [2.45, 2.75) is 19.8 Å². The number of hydrogen-bond acceptors (Lipinski definition) is 3. The molecule has 0 aliphatic heterocycles. The average Bonchev–Trinajstić information content (AvgIpc) is 2.68. The molecule has 4 heteroatoms. The lowest BCUT2D eigenvalue weighted by Crippen LogP contribution is -1.79. The second kappa shape index (κ2) is 4.73. The molecule has 0 fully saturated rings. The molecule has 1 aromatic heterocycles. The van der Waals surface area contributed by atoms with Crippen molar-refractivity contribution in [3.63, 3.8) is 0 Å². The second-order valence-corrected chi connectivity index (χ2v) is 4.76. The van der Waals surface area contributed by atoms with Crippen LogP contribution in [0.25, 0.3) is 10.6 Å². The summed E-state index contributed by atoms with van der Waals surface area (Å²) in [7, 11) is 0. The van der Waals surface area contributed by atoms with Crippen LogP contribution in [0.5, 0.6) is 0 Å². The molecule has 1 heterocycles. The minimum absolute atomic E-state index is 0.747. The van der Waals surface area contributed by atoms with Gasteiger partial charge in [-0.2, -0.15) is 0 Å². The first kappa shape index (κ1) is 10.6. The van der Waals surface area contributed by atoms with E-state index < -0.39 is 0 Å². The maximum Gasteiger partial charge on any atom is 0.147 e. The topological polar surface area (TPSA) is 25.8 Å². The Bertz CT molecular complexity index is 436. The van der Waals surface area contributed by atoms with Crippen molar-refractivity contribution in [3.8, 4) is 10.6 Å². The molecule has 2 rings (SSSR count). The highest BCUT2D eigenvalue weighted by Gasteiger charge is 2.05. The molecule has 2 nitrogen and oxygen atoms in total. The zero-order valence-corrected chi connectivity index (χ0v) is 9.98. The lowest BCUT2D eigenvalue weighted by molar-refractivity contribution is 0.879. The Morgan fingerprint density at radius 1 is 1.20 bits per heavy atom. The van der Waals surface area contributed by atoms with E-state index in [4.69, 9.17) is 11.6 Å². The summed E-state index contributed by atoms with van der Waals surface area (Å²) in [6.07, 6.45) is 2.11. The van der Waals surface area contributed by atoms with Crippen molar-refractivity contribution in [2.24, 2.45) is 0 Å². The molecule has 15 heavy (non-hydrogen) atoms. The molecule has 1 aromatic carbocycles. The van der Waals surface area contributed by atoms with E-state index in [-0.39, 0.29) is 0 Å². The first-order valence-corrected chi connectivity index (χ1v) is 6.07. The Kier molecular flexibility index (Phi) is 3.34. The van der Waals surface area contributed by atoms with Crippen LogP contribution in [-0.2, 0) is 6.42 Å². The minimum atomic E-state index is 0.747. The summed E-state index contributed by atoms with van der Waals surface area (Å²) >= 11 is 7.47. The van der Waals surface area contributed by atoms with Crippen molar-refractivity contribution in [2.75, 3.05) is 0 Å². The van der Waals surface area contributed by atoms with E-state index in [1.165, 1.54) is 0 Å². The standard InChI is InChI=1S/C11H11ClN2S/c1-2-3-10-13-14-11(15-10)8-4-6-9(12)7-5-8/h4-7H,2-3H2,1H3. The monoisotopic (exact) mass is 238 g/mol. The van der Waals surface area contributed by atoms with Gasteiger partial charge in [0.2, 0.25) is 0 Å². The van der Waals surface area contributed by atoms with Gasteiger partial charge in [-0.1, -0.05) is 42.0 Å². The molecule has 0 spiro atoms. The van der Waals surface area contributed by atoms with E-state index in [0.29, 0.717) is 0 Å². The van der Waals surface area contributed by atoms with Crippen LogP contribution in [0.15, 0.2) is 24.3 Å². The lowest BCUT2D eigenvalue weighted by atomic mass is 10.2. The van der Waals surface area contributed by atoms with Crippen LogP contribution in [0.1, 0.15) is 18.4 Å². The van der Waals surface area contributed by atoms with E-state index in [2.05, 4.69) is 17.1 Å². The largest absolute Gasteiger partial charge is 0.147 e. The summed E-state index contributed by atoms with van der Waals surface area (Å²) in [5, 5.41) is 11.1. The first-order valence-electron chi connectivity index (χ1n) is 4.88. The van der Waals surface area contributed by atoms with E-state index in [0.717, 1.165) is 33.4 Å². The second-order valence-electron chi connectivity index (χ2n) is 3.26. The zero-order chi connectivity index (χ0) is 10.7. The first-order chi connectivity index (χ1) is 7.29. The molecule has 0 radical (unpaired) electrons.